The van der Waals surface area contributed by atoms with Crippen LogP contribution in [0, 0.1) is 5.41 Å². The van der Waals surface area contributed by atoms with E-state index in [1.54, 1.807) is 31.2 Å². The second kappa shape index (κ2) is 6.77. The summed E-state index contributed by atoms with van der Waals surface area (Å²) >= 11 is 0. The summed E-state index contributed by atoms with van der Waals surface area (Å²) in [6.45, 7) is 5.70. The first-order valence-corrected chi connectivity index (χ1v) is 7.70. The summed E-state index contributed by atoms with van der Waals surface area (Å²) in [4.78, 5) is 27.6. The smallest absolute Gasteiger partial charge is 0.224 e. The van der Waals surface area contributed by atoms with Crippen LogP contribution in [-0.4, -0.2) is 23.0 Å². The molecule has 2 rings (SSSR count). The number of hydrogen-bond acceptors (Lipinski definition) is 4. The minimum absolute atomic E-state index is 0.0493. The summed E-state index contributed by atoms with van der Waals surface area (Å²) in [5, 5.41) is 12.8. The van der Waals surface area contributed by atoms with Gasteiger partial charge in [0.25, 0.3) is 0 Å². The molecule has 1 aromatic carbocycles. The third kappa shape index (κ3) is 4.52. The van der Waals surface area contributed by atoms with E-state index in [-0.39, 0.29) is 28.4 Å². The molecule has 1 amide bonds. The number of rotatable bonds is 4. The molecule has 0 saturated carbocycles. The van der Waals surface area contributed by atoms with Gasteiger partial charge in [-0.2, -0.15) is 0 Å². The normalized spacial score (nSPS) is 17.6. The van der Waals surface area contributed by atoms with Crippen LogP contribution >= 0.6 is 0 Å². The quantitative estimate of drug-likeness (QED) is 0.826. The lowest BCUT2D eigenvalue weighted by Gasteiger charge is -2.28. The Labute approximate surface area is 136 Å². The zero-order valence-corrected chi connectivity index (χ0v) is 13.7. The number of carbonyl (C=O) groups is 2. The first-order chi connectivity index (χ1) is 10.8. The first-order valence-electron chi connectivity index (χ1n) is 7.70. The highest BCUT2D eigenvalue weighted by molar-refractivity contribution is 6.14. The van der Waals surface area contributed by atoms with Crippen molar-refractivity contribution in [2.45, 2.75) is 40.0 Å². The van der Waals surface area contributed by atoms with Crippen molar-refractivity contribution in [2.75, 3.05) is 5.32 Å². The van der Waals surface area contributed by atoms with Crippen molar-refractivity contribution in [3.8, 4) is 0 Å². The molecule has 0 atom stereocenters. The summed E-state index contributed by atoms with van der Waals surface area (Å²) in [6, 6.07) is 6.99. The minimum Gasteiger partial charge on any atom is -0.511 e. The summed E-state index contributed by atoms with van der Waals surface area (Å²) in [7, 11) is 0. The Morgan fingerprint density at radius 2 is 1.96 bits per heavy atom. The van der Waals surface area contributed by atoms with E-state index in [0.29, 0.717) is 30.6 Å². The van der Waals surface area contributed by atoms with Crippen molar-refractivity contribution in [3.05, 3.63) is 35.6 Å². The molecule has 0 saturated heterocycles. The number of aliphatic imine (C=N–C) groups is 1. The van der Waals surface area contributed by atoms with Gasteiger partial charge in [0.15, 0.2) is 5.78 Å². The van der Waals surface area contributed by atoms with Crippen LogP contribution in [0.15, 0.2) is 40.6 Å². The second-order valence-electron chi connectivity index (χ2n) is 6.51. The maximum atomic E-state index is 12.1. The Bertz CT molecular complexity index is 670. The predicted octanol–water partition coefficient (Wildman–Crippen LogP) is 3.94. The van der Waals surface area contributed by atoms with Crippen LogP contribution in [0.25, 0.3) is 0 Å². The van der Waals surface area contributed by atoms with Crippen molar-refractivity contribution in [2.24, 2.45) is 10.4 Å². The van der Waals surface area contributed by atoms with Gasteiger partial charge in [-0.25, -0.2) is 0 Å². The van der Waals surface area contributed by atoms with Crippen molar-refractivity contribution >= 4 is 29.3 Å². The van der Waals surface area contributed by atoms with Gasteiger partial charge in [-0.1, -0.05) is 20.8 Å². The number of amides is 1. The van der Waals surface area contributed by atoms with Gasteiger partial charge in [0.05, 0.1) is 11.3 Å². The van der Waals surface area contributed by atoms with Crippen molar-refractivity contribution in [3.63, 3.8) is 0 Å². The Morgan fingerprint density at radius 1 is 1.30 bits per heavy atom. The molecule has 1 aliphatic rings. The zero-order chi connectivity index (χ0) is 17.0. The highest BCUT2D eigenvalue weighted by Gasteiger charge is 2.32. The molecule has 0 unspecified atom stereocenters. The number of allylic oxidation sites excluding steroid dienone is 2. The summed E-state index contributed by atoms with van der Waals surface area (Å²) in [5.74, 6) is -0.0390. The third-order valence-electron chi connectivity index (χ3n) is 3.71. The molecule has 1 aliphatic carbocycles. The SMILES string of the molecule is CCC(=O)Nc1ccc(N=CC2=C(O)CC(C)(C)CC2=O)cc1. The molecule has 5 nitrogen and oxygen atoms in total. The monoisotopic (exact) mass is 314 g/mol. The van der Waals surface area contributed by atoms with E-state index in [1.165, 1.54) is 6.21 Å². The number of Topliss-reactive ketones (excluding diaryl/α,β-unsaturated/α-hetero) is 1. The Balaban J connectivity index is 2.11. The van der Waals surface area contributed by atoms with Crippen LogP contribution in [0.2, 0.25) is 0 Å². The average Bonchev–Trinajstić information content (AvgIpc) is 2.46. The molecule has 0 spiro atoms. The third-order valence-corrected chi connectivity index (χ3v) is 3.71. The Kier molecular flexibility index (Phi) is 4.98. The lowest BCUT2D eigenvalue weighted by Crippen LogP contribution is -2.26. The molecule has 23 heavy (non-hydrogen) atoms. The zero-order valence-electron chi connectivity index (χ0n) is 13.7. The van der Waals surface area contributed by atoms with Gasteiger partial charge in [-0.05, 0) is 29.7 Å². The first kappa shape index (κ1) is 16.9. The average molecular weight is 314 g/mol. The molecular formula is C18H22N2O3. The van der Waals surface area contributed by atoms with Gasteiger partial charge in [0.1, 0.15) is 5.76 Å². The van der Waals surface area contributed by atoms with Gasteiger partial charge in [-0.3, -0.25) is 14.6 Å². The fraction of sp³-hybridized carbons (Fsp3) is 0.389. The highest BCUT2D eigenvalue weighted by atomic mass is 16.3. The lowest BCUT2D eigenvalue weighted by molar-refractivity contribution is -0.118. The number of ketones is 1. The molecule has 0 heterocycles. The standard InChI is InChI=1S/C18H22N2O3/c1-4-17(23)20-13-7-5-12(6-8-13)19-11-14-15(21)9-18(2,3)10-16(14)22/h5-8,11,21H,4,9-10H2,1-3H3,(H,20,23). The molecule has 122 valence electrons. The molecule has 0 bridgehead atoms. The molecule has 0 radical (unpaired) electrons. The van der Waals surface area contributed by atoms with Crippen LogP contribution in [0.3, 0.4) is 0 Å². The van der Waals surface area contributed by atoms with Gasteiger partial charge < -0.3 is 10.4 Å². The predicted molar refractivity (Wildman–Crippen MR) is 91.2 cm³/mol. The van der Waals surface area contributed by atoms with Gasteiger partial charge >= 0.3 is 0 Å². The number of anilines is 1. The van der Waals surface area contributed by atoms with E-state index in [2.05, 4.69) is 10.3 Å². The van der Waals surface area contributed by atoms with E-state index in [9.17, 15) is 14.7 Å². The molecular weight excluding hydrogens is 292 g/mol. The van der Waals surface area contributed by atoms with Crippen LogP contribution in [0.1, 0.15) is 40.0 Å². The van der Waals surface area contributed by atoms with Gasteiger partial charge in [0, 0.05) is 31.2 Å². The van der Waals surface area contributed by atoms with Crippen LogP contribution in [0.5, 0.6) is 0 Å². The number of benzene rings is 1. The maximum absolute atomic E-state index is 12.1. The number of aliphatic hydroxyl groups is 1. The van der Waals surface area contributed by atoms with Crippen molar-refractivity contribution in [1.82, 2.24) is 0 Å². The lowest BCUT2D eigenvalue weighted by atomic mass is 9.77. The maximum Gasteiger partial charge on any atom is 0.224 e. The van der Waals surface area contributed by atoms with Crippen LogP contribution in [0.4, 0.5) is 11.4 Å². The molecule has 5 heteroatoms. The molecule has 0 fully saturated rings. The van der Waals surface area contributed by atoms with Gasteiger partial charge in [-0.15, -0.1) is 0 Å². The van der Waals surface area contributed by atoms with Crippen LogP contribution in [-0.2, 0) is 9.59 Å². The molecule has 2 N–H and O–H groups in total. The van der Waals surface area contributed by atoms with E-state index < -0.39 is 0 Å². The summed E-state index contributed by atoms with van der Waals surface area (Å²) in [5.41, 5.74) is 1.43. The minimum atomic E-state index is -0.211. The van der Waals surface area contributed by atoms with E-state index in [1.807, 2.05) is 13.8 Å². The Hall–Kier alpha value is -2.43. The van der Waals surface area contributed by atoms with Crippen molar-refractivity contribution in [1.29, 1.82) is 0 Å². The fourth-order valence-electron chi connectivity index (χ4n) is 2.47. The fourth-order valence-corrected chi connectivity index (χ4v) is 2.47. The summed E-state index contributed by atoms with van der Waals surface area (Å²) < 4.78 is 0. The van der Waals surface area contributed by atoms with Crippen molar-refractivity contribution < 1.29 is 14.7 Å². The van der Waals surface area contributed by atoms with E-state index >= 15 is 0 Å². The largest absolute Gasteiger partial charge is 0.511 e. The molecule has 0 aliphatic heterocycles. The van der Waals surface area contributed by atoms with Crippen LogP contribution < -0.4 is 5.32 Å². The second-order valence-corrected chi connectivity index (χ2v) is 6.51. The highest BCUT2D eigenvalue weighted by Crippen LogP contribution is 2.35. The number of hydrogen-bond donors (Lipinski definition) is 2. The molecule has 1 aromatic rings. The van der Waals surface area contributed by atoms with E-state index in [4.69, 9.17) is 0 Å². The number of nitrogens with zero attached hydrogens (tertiary/aromatic N) is 1. The number of carbonyl (C=O) groups excluding carboxylic acids is 2. The van der Waals surface area contributed by atoms with Gasteiger partial charge in [0.2, 0.25) is 5.91 Å². The van der Waals surface area contributed by atoms with E-state index in [0.717, 1.165) is 0 Å². The number of nitrogens with one attached hydrogen (secondary N) is 1. The Morgan fingerprint density at radius 3 is 2.52 bits per heavy atom. The molecule has 0 aromatic heterocycles. The topological polar surface area (TPSA) is 78.8 Å². The number of aliphatic hydroxyl groups excluding tert-OH is 1. The summed E-state index contributed by atoms with van der Waals surface area (Å²) in [6.07, 6.45) is 2.72.